The second kappa shape index (κ2) is 35.7. The SMILES string of the molecule is Brc1ccc(-c2ccc(-c3cccc(N(c4ccccc4)c4ccc5ccccc5c4)c3)cc2)cc1.Brc1ccc(-c2cccc(-c3ccc(N(c4ccc(-c5ccccc5)cc4)c4ccc5ccccc5c4)cc3)c2)cc1.Brc1ccc(-c2cccc(-c3ccc(N(c4ccccc4)c4ccc(-c5ccccc5)cc4)cc3)c2)cc1. The number of hydrogen-bond donors (Lipinski definition) is 0. The van der Waals surface area contributed by atoms with Crippen molar-refractivity contribution in [3.63, 3.8) is 0 Å². The number of nitrogens with zero attached hydrogens (tertiary/aromatic N) is 3. The minimum Gasteiger partial charge on any atom is -0.311 e. The molecule has 0 fully saturated rings. The topological polar surface area (TPSA) is 9.72 Å². The van der Waals surface area contributed by atoms with Gasteiger partial charge in [-0.2, -0.15) is 0 Å². The fourth-order valence-corrected chi connectivity index (χ4v) is 15.8. The zero-order valence-electron chi connectivity index (χ0n) is 63.5. The molecular formula is C110H78Br3N3. The highest BCUT2D eigenvalue weighted by atomic mass is 79.9. The zero-order chi connectivity index (χ0) is 78.4. The van der Waals surface area contributed by atoms with Gasteiger partial charge in [0.25, 0.3) is 0 Å². The van der Waals surface area contributed by atoms with Crippen molar-refractivity contribution in [2.24, 2.45) is 0 Å². The van der Waals surface area contributed by atoms with Gasteiger partial charge in [0.05, 0.1) is 0 Å². The van der Waals surface area contributed by atoms with Crippen molar-refractivity contribution in [1.82, 2.24) is 0 Å². The summed E-state index contributed by atoms with van der Waals surface area (Å²) in [5.74, 6) is 0. The quantitative estimate of drug-likeness (QED) is 0.0900. The highest BCUT2D eigenvalue weighted by Crippen LogP contribution is 2.43. The van der Waals surface area contributed by atoms with E-state index >= 15 is 0 Å². The monoisotopic (exact) mass is 1680 g/mol. The van der Waals surface area contributed by atoms with Gasteiger partial charge >= 0.3 is 0 Å². The Morgan fingerprint density at radius 2 is 0.293 bits per heavy atom. The van der Waals surface area contributed by atoms with Crippen LogP contribution < -0.4 is 14.7 Å². The van der Waals surface area contributed by atoms with E-state index in [0.29, 0.717) is 0 Å². The molecule has 0 aliphatic heterocycles. The molecule has 0 saturated heterocycles. The zero-order valence-corrected chi connectivity index (χ0v) is 68.3. The molecule has 19 aromatic rings. The van der Waals surface area contributed by atoms with E-state index in [1.165, 1.54) is 111 Å². The van der Waals surface area contributed by atoms with Crippen molar-refractivity contribution < 1.29 is 0 Å². The molecule has 0 radical (unpaired) electrons. The fraction of sp³-hybridized carbons (Fsp3) is 0. The third-order valence-electron chi connectivity index (χ3n) is 21.0. The van der Waals surface area contributed by atoms with Gasteiger partial charge in [0.1, 0.15) is 0 Å². The van der Waals surface area contributed by atoms with E-state index in [2.05, 4.69) is 536 Å². The van der Waals surface area contributed by atoms with Crippen LogP contribution in [0.4, 0.5) is 51.2 Å². The van der Waals surface area contributed by atoms with Gasteiger partial charge in [-0.25, -0.2) is 0 Å². The van der Waals surface area contributed by atoms with Crippen LogP contribution in [0.3, 0.4) is 0 Å². The highest BCUT2D eigenvalue weighted by molar-refractivity contribution is 9.11. The Balaban J connectivity index is 0.000000126. The average molecular weight is 1680 g/mol. The Bertz CT molecular complexity index is 6470. The van der Waals surface area contributed by atoms with E-state index in [0.717, 1.165) is 64.6 Å². The van der Waals surface area contributed by atoms with Crippen molar-refractivity contribution in [3.8, 4) is 89.0 Å². The van der Waals surface area contributed by atoms with Gasteiger partial charge in [0.2, 0.25) is 0 Å². The molecule has 554 valence electrons. The molecule has 0 aliphatic rings. The van der Waals surface area contributed by atoms with Crippen molar-refractivity contribution >= 4 is 121 Å². The first-order valence-corrected chi connectivity index (χ1v) is 41.3. The first kappa shape index (κ1) is 75.2. The number of rotatable bonds is 17. The molecule has 0 aliphatic carbocycles. The second-order valence-electron chi connectivity index (χ2n) is 28.5. The van der Waals surface area contributed by atoms with Crippen molar-refractivity contribution in [1.29, 1.82) is 0 Å². The third-order valence-corrected chi connectivity index (χ3v) is 22.6. The standard InChI is InChI=1S/C40H28BrN.C36H26BrN.C34H24BrN/c41-37-20-13-32(14-21-37)34-11-6-12-35(27-34)33-17-24-39(25-18-33)42(40-26-19-30-9-4-5-10-36(30)28-40)38-22-15-31(16-23-38)29-7-2-1-3-8-29;37-33-20-14-29(15-21-33)31-10-7-11-32(26-31)30-18-24-36(25-19-30)38(34-12-5-2-6-13-34)35-22-16-28(17-23-35)27-8-3-1-4-9-27;35-31-20-17-27(18-21-31)26-13-15-28(16-14-26)30-9-6-12-33(23-30)36(32-10-2-1-3-11-32)34-22-19-25-7-4-5-8-29(25)24-34/h1-28H;1-26H;1-24H. The van der Waals surface area contributed by atoms with Crippen LogP contribution in [0.5, 0.6) is 0 Å². The summed E-state index contributed by atoms with van der Waals surface area (Å²) in [5.41, 5.74) is 29.5. The number of halogens is 3. The lowest BCUT2D eigenvalue weighted by Gasteiger charge is -2.26. The Morgan fingerprint density at radius 3 is 0.612 bits per heavy atom. The molecule has 0 aromatic heterocycles. The summed E-state index contributed by atoms with van der Waals surface area (Å²) in [6, 6.07) is 168. The lowest BCUT2D eigenvalue weighted by molar-refractivity contribution is 1.28. The maximum atomic E-state index is 3.54. The van der Waals surface area contributed by atoms with Crippen molar-refractivity contribution in [2.75, 3.05) is 14.7 Å². The van der Waals surface area contributed by atoms with E-state index in [-0.39, 0.29) is 0 Å². The second-order valence-corrected chi connectivity index (χ2v) is 31.2. The number of para-hydroxylation sites is 2. The number of fused-ring (bicyclic) bond motifs is 2. The molecule has 0 unspecified atom stereocenters. The van der Waals surface area contributed by atoms with Gasteiger partial charge in [-0.1, -0.05) is 363 Å². The van der Waals surface area contributed by atoms with Crippen LogP contribution in [0.15, 0.2) is 487 Å². The van der Waals surface area contributed by atoms with Gasteiger partial charge in [-0.3, -0.25) is 0 Å². The Labute approximate surface area is 705 Å². The van der Waals surface area contributed by atoms with Crippen LogP contribution in [0.25, 0.3) is 111 Å². The summed E-state index contributed by atoms with van der Waals surface area (Å²) in [6.45, 7) is 0. The van der Waals surface area contributed by atoms with Crippen LogP contribution in [0.2, 0.25) is 0 Å². The summed E-state index contributed by atoms with van der Waals surface area (Å²) in [4.78, 5) is 6.96. The van der Waals surface area contributed by atoms with E-state index < -0.39 is 0 Å². The summed E-state index contributed by atoms with van der Waals surface area (Å²) in [5, 5.41) is 4.94. The first-order valence-electron chi connectivity index (χ1n) is 38.9. The van der Waals surface area contributed by atoms with Crippen LogP contribution in [-0.4, -0.2) is 0 Å². The van der Waals surface area contributed by atoms with Gasteiger partial charge in [-0.05, 0) is 268 Å². The minimum absolute atomic E-state index is 1.09. The van der Waals surface area contributed by atoms with Gasteiger partial charge in [-0.15, -0.1) is 0 Å². The minimum atomic E-state index is 1.09. The van der Waals surface area contributed by atoms with E-state index in [9.17, 15) is 0 Å². The molecule has 0 bridgehead atoms. The Hall–Kier alpha value is -13.5. The van der Waals surface area contributed by atoms with Gasteiger partial charge in [0.15, 0.2) is 0 Å². The maximum absolute atomic E-state index is 3.54. The normalized spacial score (nSPS) is 10.9. The summed E-state index contributed by atoms with van der Waals surface area (Å²) < 4.78 is 3.27. The molecule has 0 atom stereocenters. The molecule has 6 heteroatoms. The predicted molar refractivity (Wildman–Crippen MR) is 505 cm³/mol. The van der Waals surface area contributed by atoms with Gasteiger partial charge in [0, 0.05) is 64.6 Å². The highest BCUT2D eigenvalue weighted by Gasteiger charge is 2.19. The van der Waals surface area contributed by atoms with Crippen molar-refractivity contribution in [3.05, 3.63) is 487 Å². The molecule has 3 nitrogen and oxygen atoms in total. The van der Waals surface area contributed by atoms with Crippen LogP contribution in [0.1, 0.15) is 0 Å². The first-order chi connectivity index (χ1) is 57.2. The number of anilines is 9. The molecular weight excluding hydrogens is 1600 g/mol. The largest absolute Gasteiger partial charge is 0.311 e. The summed E-state index contributed by atoms with van der Waals surface area (Å²) in [7, 11) is 0. The van der Waals surface area contributed by atoms with Crippen molar-refractivity contribution in [2.45, 2.75) is 0 Å². The molecule has 0 spiro atoms. The van der Waals surface area contributed by atoms with E-state index in [1.807, 2.05) is 0 Å². The summed E-state index contributed by atoms with van der Waals surface area (Å²) >= 11 is 10.6. The lowest BCUT2D eigenvalue weighted by Crippen LogP contribution is -2.09. The summed E-state index contributed by atoms with van der Waals surface area (Å²) in [6.07, 6.45) is 0. The molecule has 19 rings (SSSR count). The fourth-order valence-electron chi connectivity index (χ4n) is 15.0. The molecule has 0 heterocycles. The Morgan fingerprint density at radius 1 is 0.112 bits per heavy atom. The maximum Gasteiger partial charge on any atom is 0.0468 e. The number of benzene rings is 19. The molecule has 0 saturated carbocycles. The third kappa shape index (κ3) is 17.8. The molecule has 0 N–H and O–H groups in total. The predicted octanol–water partition coefficient (Wildman–Crippen LogP) is 33.4. The average Bonchev–Trinajstić information content (AvgIpc) is 0.792. The lowest BCUT2D eigenvalue weighted by atomic mass is 9.99. The van der Waals surface area contributed by atoms with Crippen LogP contribution >= 0.6 is 47.8 Å². The number of hydrogen-bond acceptors (Lipinski definition) is 3. The van der Waals surface area contributed by atoms with E-state index in [4.69, 9.17) is 0 Å². The smallest absolute Gasteiger partial charge is 0.0468 e. The molecule has 116 heavy (non-hydrogen) atoms. The van der Waals surface area contributed by atoms with E-state index in [1.54, 1.807) is 0 Å². The molecule has 0 amide bonds. The van der Waals surface area contributed by atoms with Crippen LogP contribution in [-0.2, 0) is 0 Å². The molecule has 19 aromatic carbocycles. The Kier molecular flexibility index (Phi) is 23.2. The van der Waals surface area contributed by atoms with Gasteiger partial charge < -0.3 is 14.7 Å². The van der Waals surface area contributed by atoms with Crippen LogP contribution in [0, 0.1) is 0 Å².